The molecule has 2 aromatic rings. The summed E-state index contributed by atoms with van der Waals surface area (Å²) in [5, 5.41) is 6.55. The van der Waals surface area contributed by atoms with Gasteiger partial charge in [0.2, 0.25) is 5.91 Å². The van der Waals surface area contributed by atoms with E-state index in [4.69, 9.17) is 0 Å². The molecule has 2 N–H and O–H groups in total. The number of carbonyl (C=O) groups excluding carboxylic acids is 1. The second-order valence-electron chi connectivity index (χ2n) is 5.81. The van der Waals surface area contributed by atoms with E-state index in [0.717, 1.165) is 37.1 Å². The van der Waals surface area contributed by atoms with Crippen molar-refractivity contribution in [2.45, 2.75) is 18.9 Å². The second kappa shape index (κ2) is 7.23. The molecule has 0 aromatic heterocycles. The topological polar surface area (TPSA) is 41.1 Å². The van der Waals surface area contributed by atoms with Gasteiger partial charge < -0.3 is 10.6 Å². The average Bonchev–Trinajstić information content (AvgIpc) is 2.62. The van der Waals surface area contributed by atoms with Gasteiger partial charge in [-0.05, 0) is 30.5 Å². The maximum atomic E-state index is 12.6. The molecule has 0 bridgehead atoms. The van der Waals surface area contributed by atoms with E-state index in [9.17, 15) is 4.79 Å². The summed E-state index contributed by atoms with van der Waals surface area (Å²) in [6, 6.07) is 20.2. The molecule has 0 radical (unpaired) electrons. The van der Waals surface area contributed by atoms with Crippen molar-refractivity contribution in [1.29, 1.82) is 0 Å². The lowest BCUT2D eigenvalue weighted by atomic mass is 9.95. The number of nitrogens with one attached hydrogen (secondary N) is 2. The Bertz CT molecular complexity index is 552. The van der Waals surface area contributed by atoms with Crippen molar-refractivity contribution in [3.63, 3.8) is 0 Å². The third-order valence-corrected chi connectivity index (χ3v) is 4.22. The summed E-state index contributed by atoms with van der Waals surface area (Å²) in [7, 11) is 0. The Morgan fingerprint density at radius 1 is 1.00 bits per heavy atom. The standard InChI is InChI=1S/C19H22N2O/c22-19(17-12-7-13-20-14-17)21-18(15-8-3-1-4-9-15)16-10-5-2-6-11-16/h1-6,8-11,17-18,20H,7,12-14H2,(H,21,22)/t17-/m1/s1. The molecule has 1 amide bonds. The van der Waals surface area contributed by atoms with Crippen LogP contribution in [-0.2, 0) is 4.79 Å². The number of hydrogen-bond acceptors (Lipinski definition) is 2. The van der Waals surface area contributed by atoms with Crippen LogP contribution in [-0.4, -0.2) is 19.0 Å². The van der Waals surface area contributed by atoms with Crippen LogP contribution in [0.25, 0.3) is 0 Å². The lowest BCUT2D eigenvalue weighted by Crippen LogP contribution is -2.42. The molecule has 0 aliphatic carbocycles. The fraction of sp³-hybridized carbons (Fsp3) is 0.316. The first-order valence-corrected chi connectivity index (χ1v) is 7.95. The molecule has 114 valence electrons. The van der Waals surface area contributed by atoms with Crippen molar-refractivity contribution in [3.8, 4) is 0 Å². The second-order valence-corrected chi connectivity index (χ2v) is 5.81. The predicted molar refractivity (Wildman–Crippen MR) is 88.5 cm³/mol. The van der Waals surface area contributed by atoms with E-state index in [-0.39, 0.29) is 17.9 Å². The number of hydrogen-bond donors (Lipinski definition) is 2. The molecular formula is C19H22N2O. The largest absolute Gasteiger partial charge is 0.345 e. The highest BCUT2D eigenvalue weighted by molar-refractivity contribution is 5.80. The molecule has 0 unspecified atom stereocenters. The van der Waals surface area contributed by atoms with Crippen molar-refractivity contribution in [2.24, 2.45) is 5.92 Å². The third kappa shape index (κ3) is 3.55. The van der Waals surface area contributed by atoms with Crippen LogP contribution in [0.4, 0.5) is 0 Å². The molecular weight excluding hydrogens is 272 g/mol. The molecule has 1 heterocycles. The molecule has 0 saturated carbocycles. The van der Waals surface area contributed by atoms with E-state index in [1.54, 1.807) is 0 Å². The molecule has 2 aromatic carbocycles. The van der Waals surface area contributed by atoms with Crippen molar-refractivity contribution < 1.29 is 4.79 Å². The summed E-state index contributed by atoms with van der Waals surface area (Å²) >= 11 is 0. The molecule has 0 spiro atoms. The summed E-state index contributed by atoms with van der Waals surface area (Å²) in [6.07, 6.45) is 2.04. The van der Waals surface area contributed by atoms with Crippen molar-refractivity contribution in [3.05, 3.63) is 71.8 Å². The highest BCUT2D eigenvalue weighted by Gasteiger charge is 2.24. The van der Waals surface area contributed by atoms with Crippen LogP contribution in [0.5, 0.6) is 0 Å². The zero-order chi connectivity index (χ0) is 15.2. The van der Waals surface area contributed by atoms with Crippen LogP contribution in [0.2, 0.25) is 0 Å². The Kier molecular flexibility index (Phi) is 4.86. The molecule has 3 rings (SSSR count). The van der Waals surface area contributed by atoms with Gasteiger partial charge in [0.15, 0.2) is 0 Å². The summed E-state index contributed by atoms with van der Waals surface area (Å²) in [4.78, 5) is 12.6. The Morgan fingerprint density at radius 2 is 1.59 bits per heavy atom. The fourth-order valence-electron chi connectivity index (χ4n) is 2.99. The van der Waals surface area contributed by atoms with Gasteiger partial charge in [0.05, 0.1) is 12.0 Å². The van der Waals surface area contributed by atoms with Gasteiger partial charge in [-0.3, -0.25) is 4.79 Å². The minimum absolute atomic E-state index is 0.0728. The lowest BCUT2D eigenvalue weighted by molar-refractivity contribution is -0.126. The Balaban J connectivity index is 1.81. The predicted octanol–water partition coefficient (Wildman–Crippen LogP) is 2.89. The quantitative estimate of drug-likeness (QED) is 0.910. The highest BCUT2D eigenvalue weighted by atomic mass is 16.2. The van der Waals surface area contributed by atoms with Crippen LogP contribution < -0.4 is 10.6 Å². The Hall–Kier alpha value is -2.13. The van der Waals surface area contributed by atoms with Gasteiger partial charge in [-0.15, -0.1) is 0 Å². The average molecular weight is 294 g/mol. The zero-order valence-corrected chi connectivity index (χ0v) is 12.7. The van der Waals surface area contributed by atoms with Gasteiger partial charge in [-0.1, -0.05) is 60.7 Å². The molecule has 1 atom stereocenters. The molecule has 3 heteroatoms. The number of rotatable bonds is 4. The van der Waals surface area contributed by atoms with Crippen LogP contribution in [0.3, 0.4) is 0 Å². The first-order valence-electron chi connectivity index (χ1n) is 7.95. The Morgan fingerprint density at radius 3 is 2.09 bits per heavy atom. The maximum absolute atomic E-state index is 12.6. The highest BCUT2D eigenvalue weighted by Crippen LogP contribution is 2.23. The van der Waals surface area contributed by atoms with E-state index in [0.29, 0.717) is 0 Å². The summed E-state index contributed by atoms with van der Waals surface area (Å²) in [6.45, 7) is 1.80. The van der Waals surface area contributed by atoms with Gasteiger partial charge >= 0.3 is 0 Å². The molecule has 1 fully saturated rings. The molecule has 22 heavy (non-hydrogen) atoms. The van der Waals surface area contributed by atoms with Crippen LogP contribution >= 0.6 is 0 Å². The van der Waals surface area contributed by atoms with Crippen LogP contribution in [0.1, 0.15) is 30.0 Å². The number of carbonyl (C=O) groups is 1. The van der Waals surface area contributed by atoms with Crippen molar-refractivity contribution in [1.82, 2.24) is 10.6 Å². The summed E-state index contributed by atoms with van der Waals surface area (Å²) in [5.41, 5.74) is 2.23. The monoisotopic (exact) mass is 294 g/mol. The van der Waals surface area contributed by atoms with E-state index in [2.05, 4.69) is 34.9 Å². The molecule has 1 aliphatic heterocycles. The van der Waals surface area contributed by atoms with Gasteiger partial charge in [0.25, 0.3) is 0 Å². The zero-order valence-electron chi connectivity index (χ0n) is 12.7. The minimum atomic E-state index is -0.0863. The third-order valence-electron chi connectivity index (χ3n) is 4.22. The normalized spacial score (nSPS) is 18.1. The van der Waals surface area contributed by atoms with Crippen LogP contribution in [0.15, 0.2) is 60.7 Å². The molecule has 1 saturated heterocycles. The fourth-order valence-corrected chi connectivity index (χ4v) is 2.99. The van der Waals surface area contributed by atoms with E-state index in [1.807, 2.05) is 36.4 Å². The number of benzene rings is 2. The van der Waals surface area contributed by atoms with Gasteiger partial charge in [0.1, 0.15) is 0 Å². The summed E-state index contributed by atoms with van der Waals surface area (Å²) < 4.78 is 0. The molecule has 3 nitrogen and oxygen atoms in total. The number of piperidine rings is 1. The van der Waals surface area contributed by atoms with E-state index >= 15 is 0 Å². The van der Waals surface area contributed by atoms with E-state index < -0.39 is 0 Å². The minimum Gasteiger partial charge on any atom is -0.345 e. The van der Waals surface area contributed by atoms with E-state index in [1.165, 1.54) is 0 Å². The SMILES string of the molecule is O=C(NC(c1ccccc1)c1ccccc1)[C@@H]1CCCNC1. The summed E-state index contributed by atoms with van der Waals surface area (Å²) in [5.74, 6) is 0.216. The van der Waals surface area contributed by atoms with Gasteiger partial charge in [-0.25, -0.2) is 0 Å². The Labute approximate surface area is 131 Å². The van der Waals surface area contributed by atoms with Gasteiger partial charge in [-0.2, -0.15) is 0 Å². The van der Waals surface area contributed by atoms with Crippen molar-refractivity contribution in [2.75, 3.05) is 13.1 Å². The smallest absolute Gasteiger partial charge is 0.225 e. The van der Waals surface area contributed by atoms with Crippen molar-refractivity contribution >= 4 is 5.91 Å². The van der Waals surface area contributed by atoms with Gasteiger partial charge in [0, 0.05) is 6.54 Å². The first kappa shape index (κ1) is 14.8. The molecule has 1 aliphatic rings. The number of amides is 1. The lowest BCUT2D eigenvalue weighted by Gasteiger charge is -2.26. The maximum Gasteiger partial charge on any atom is 0.225 e. The first-order chi connectivity index (χ1) is 10.8. The van der Waals surface area contributed by atoms with Crippen LogP contribution in [0, 0.1) is 5.92 Å².